The van der Waals surface area contributed by atoms with Crippen molar-refractivity contribution < 1.29 is 23.5 Å². The summed E-state index contributed by atoms with van der Waals surface area (Å²) in [6.07, 6.45) is 5.84. The van der Waals surface area contributed by atoms with Crippen molar-refractivity contribution in [3.63, 3.8) is 0 Å². The molecule has 11 nitrogen and oxygen atoms in total. The summed E-state index contributed by atoms with van der Waals surface area (Å²) in [5.41, 5.74) is 14.5. The van der Waals surface area contributed by atoms with Gasteiger partial charge in [0.1, 0.15) is 17.5 Å². The normalized spacial score (nSPS) is 10.5. The van der Waals surface area contributed by atoms with Crippen molar-refractivity contribution in [1.82, 2.24) is 19.9 Å². The molecule has 1 aromatic carbocycles. The Hall–Kier alpha value is -5.43. The van der Waals surface area contributed by atoms with Gasteiger partial charge in [-0.15, -0.1) is 0 Å². The maximum Gasteiger partial charge on any atom is 0.212 e. The number of halogens is 2. The highest BCUT2D eigenvalue weighted by Crippen LogP contribution is 2.33. The molecule has 13 heteroatoms. The summed E-state index contributed by atoms with van der Waals surface area (Å²) in [7, 11) is 3.15. The lowest BCUT2D eigenvalue weighted by atomic mass is 10.0. The molecule has 4 heterocycles. The van der Waals surface area contributed by atoms with Crippen molar-refractivity contribution in [2.75, 3.05) is 37.5 Å². The Labute approximate surface area is 279 Å². The molecule has 0 atom stereocenters. The Morgan fingerprint density at radius 3 is 1.96 bits per heavy atom. The van der Waals surface area contributed by atoms with Crippen LogP contribution >= 0.6 is 15.9 Å². The number of ketones is 2. The lowest BCUT2D eigenvalue weighted by Crippen LogP contribution is -2.11. The fourth-order valence-electron chi connectivity index (χ4n) is 4.23. The highest BCUT2D eigenvalue weighted by Gasteiger charge is 2.17. The number of carbonyl (C=O) groups is 2. The standard InChI is InChI=1S/C23H26N4O3.C11H7BrFN3O/c1-14(2)11-25-21-8-6-16(12-26-21)22(28)18-9-17(13-27-23(18)24)15-5-7-19(29-3)20(10-15)30-4;12-7-3-8(11(14)16-5-7)10(17)6-1-2-9(13)15-4-6/h5-10,12-14H,11H2,1-4H3,(H2,24,27)(H,25,26);1-5H,(H2,14,16). The van der Waals surface area contributed by atoms with Gasteiger partial charge in [0, 0.05) is 52.5 Å². The minimum atomic E-state index is -0.637. The van der Waals surface area contributed by atoms with Gasteiger partial charge in [0.15, 0.2) is 23.1 Å². The molecule has 0 radical (unpaired) electrons. The average Bonchev–Trinajstić information content (AvgIpc) is 3.08. The van der Waals surface area contributed by atoms with Crippen molar-refractivity contribution in [2.45, 2.75) is 13.8 Å². The van der Waals surface area contributed by atoms with Gasteiger partial charge in [0.25, 0.3) is 0 Å². The zero-order chi connectivity index (χ0) is 34.1. The molecule has 0 saturated carbocycles. The minimum Gasteiger partial charge on any atom is -0.493 e. The summed E-state index contributed by atoms with van der Waals surface area (Å²) in [6.45, 7) is 5.04. The first-order valence-electron chi connectivity index (χ1n) is 14.3. The number of methoxy groups -OCH3 is 2. The van der Waals surface area contributed by atoms with Crippen molar-refractivity contribution in [1.29, 1.82) is 0 Å². The molecule has 0 aliphatic heterocycles. The molecule has 5 aromatic rings. The number of nitrogen functional groups attached to an aromatic ring is 2. The second-order valence-electron chi connectivity index (χ2n) is 10.5. The lowest BCUT2D eigenvalue weighted by molar-refractivity contribution is 0.103. The van der Waals surface area contributed by atoms with Crippen LogP contribution in [0.5, 0.6) is 11.5 Å². The van der Waals surface area contributed by atoms with E-state index in [9.17, 15) is 14.0 Å². The van der Waals surface area contributed by atoms with Gasteiger partial charge in [-0.05, 0) is 75.9 Å². The molecule has 242 valence electrons. The Balaban J connectivity index is 0.000000248. The highest BCUT2D eigenvalue weighted by atomic mass is 79.9. The van der Waals surface area contributed by atoms with Gasteiger partial charge in [0.2, 0.25) is 5.95 Å². The van der Waals surface area contributed by atoms with E-state index in [4.69, 9.17) is 20.9 Å². The quantitative estimate of drug-likeness (QED) is 0.111. The number of aromatic nitrogens is 4. The third-order valence-corrected chi connectivity index (χ3v) is 7.15. The van der Waals surface area contributed by atoms with Crippen LogP contribution in [0.1, 0.15) is 45.7 Å². The van der Waals surface area contributed by atoms with Gasteiger partial charge >= 0.3 is 0 Å². The minimum absolute atomic E-state index is 0.127. The number of pyridine rings is 4. The number of benzene rings is 1. The number of hydrogen-bond donors (Lipinski definition) is 3. The van der Waals surface area contributed by atoms with Crippen LogP contribution < -0.4 is 26.3 Å². The van der Waals surface area contributed by atoms with Crippen molar-refractivity contribution >= 4 is 45.0 Å². The zero-order valence-electron chi connectivity index (χ0n) is 26.1. The molecular formula is C34H33BrFN7O4. The average molecular weight is 703 g/mol. The van der Waals surface area contributed by atoms with Gasteiger partial charge in [-0.2, -0.15) is 4.39 Å². The van der Waals surface area contributed by atoms with Crippen LogP contribution in [0.2, 0.25) is 0 Å². The third-order valence-electron chi connectivity index (χ3n) is 6.72. The summed E-state index contributed by atoms with van der Waals surface area (Å²) in [4.78, 5) is 40.9. The second-order valence-corrected chi connectivity index (χ2v) is 11.5. The number of rotatable bonds is 10. The first kappa shape index (κ1) is 34.4. The largest absolute Gasteiger partial charge is 0.493 e. The van der Waals surface area contributed by atoms with E-state index in [1.807, 2.05) is 12.1 Å². The molecule has 0 aliphatic rings. The first-order valence-corrected chi connectivity index (χ1v) is 15.1. The first-order chi connectivity index (χ1) is 22.5. The third kappa shape index (κ3) is 8.85. The smallest absolute Gasteiger partial charge is 0.212 e. The van der Waals surface area contributed by atoms with Crippen LogP contribution in [0.3, 0.4) is 0 Å². The Morgan fingerprint density at radius 2 is 1.38 bits per heavy atom. The van der Waals surface area contributed by atoms with E-state index in [1.165, 1.54) is 12.3 Å². The molecule has 5 rings (SSSR count). The Kier molecular flexibility index (Phi) is 11.5. The summed E-state index contributed by atoms with van der Waals surface area (Å²) >= 11 is 3.20. The molecule has 0 fully saturated rings. The fraction of sp³-hybridized carbons (Fsp3) is 0.176. The number of hydrogen-bond acceptors (Lipinski definition) is 11. The molecule has 4 aromatic heterocycles. The van der Waals surface area contributed by atoms with Crippen LogP contribution in [0, 0.1) is 11.9 Å². The van der Waals surface area contributed by atoms with Crippen molar-refractivity contribution in [2.24, 2.45) is 5.92 Å². The molecule has 0 bridgehead atoms. The van der Waals surface area contributed by atoms with E-state index in [-0.39, 0.29) is 34.3 Å². The number of carbonyl (C=O) groups excluding carboxylic acids is 2. The van der Waals surface area contributed by atoms with Crippen molar-refractivity contribution in [3.05, 3.63) is 112 Å². The summed E-state index contributed by atoms with van der Waals surface area (Å²) in [5.74, 6) is 1.53. The summed E-state index contributed by atoms with van der Waals surface area (Å²) in [5, 5.41) is 3.23. The second kappa shape index (κ2) is 15.7. The van der Waals surface area contributed by atoms with Gasteiger partial charge < -0.3 is 26.3 Å². The number of nitrogens with zero attached hydrogens (tertiary/aromatic N) is 4. The SMILES string of the molecule is COc1ccc(-c2cnc(N)c(C(=O)c3ccc(NCC(C)C)nc3)c2)cc1OC.Nc1ncc(Br)cc1C(=O)c1ccc(F)nc1. The zero-order valence-corrected chi connectivity index (χ0v) is 27.7. The maximum absolute atomic E-state index is 13.0. The topological polar surface area (TPSA) is 168 Å². The van der Waals surface area contributed by atoms with E-state index in [1.54, 1.807) is 56.9 Å². The molecule has 0 amide bonds. The summed E-state index contributed by atoms with van der Waals surface area (Å²) in [6, 6.07) is 14.8. The summed E-state index contributed by atoms with van der Waals surface area (Å²) < 4.78 is 23.9. The van der Waals surface area contributed by atoms with Crippen LogP contribution in [0.25, 0.3) is 11.1 Å². The lowest BCUT2D eigenvalue weighted by Gasteiger charge is -2.11. The predicted octanol–water partition coefficient (Wildman–Crippen LogP) is 6.23. The van der Waals surface area contributed by atoms with Crippen molar-refractivity contribution in [3.8, 4) is 22.6 Å². The van der Waals surface area contributed by atoms with Crippen LogP contribution in [-0.2, 0) is 0 Å². The molecule has 0 aliphatic carbocycles. The van der Waals surface area contributed by atoms with Gasteiger partial charge in [0.05, 0.1) is 25.3 Å². The van der Waals surface area contributed by atoms with Gasteiger partial charge in [-0.3, -0.25) is 9.59 Å². The van der Waals surface area contributed by atoms with Crippen LogP contribution in [-0.4, -0.2) is 52.3 Å². The maximum atomic E-state index is 13.0. The van der Waals surface area contributed by atoms with Crippen LogP contribution in [0.15, 0.2) is 83.9 Å². The van der Waals surface area contributed by atoms with Gasteiger partial charge in [-0.1, -0.05) is 19.9 Å². The molecule has 0 saturated heterocycles. The molecular weight excluding hydrogens is 669 g/mol. The molecule has 0 spiro atoms. The van der Waals surface area contributed by atoms with E-state index in [2.05, 4.69) is 55.0 Å². The Morgan fingerprint density at radius 1 is 0.766 bits per heavy atom. The van der Waals surface area contributed by atoms with Gasteiger partial charge in [-0.25, -0.2) is 19.9 Å². The number of anilines is 3. The molecule has 47 heavy (non-hydrogen) atoms. The number of ether oxygens (including phenoxy) is 2. The van der Waals surface area contributed by atoms with E-state index < -0.39 is 5.95 Å². The van der Waals surface area contributed by atoms with E-state index in [0.29, 0.717) is 33.0 Å². The van der Waals surface area contributed by atoms with Crippen LogP contribution in [0.4, 0.5) is 21.8 Å². The monoisotopic (exact) mass is 701 g/mol. The predicted molar refractivity (Wildman–Crippen MR) is 182 cm³/mol. The van der Waals surface area contributed by atoms with E-state index in [0.717, 1.165) is 35.8 Å². The number of nitrogens with one attached hydrogen (secondary N) is 1. The number of nitrogens with two attached hydrogens (primary N) is 2. The van der Waals surface area contributed by atoms with E-state index >= 15 is 0 Å². The Bertz CT molecular complexity index is 1870. The fourth-order valence-corrected chi connectivity index (χ4v) is 4.56. The molecule has 5 N–H and O–H groups in total. The molecule has 0 unspecified atom stereocenters. The highest BCUT2D eigenvalue weighted by molar-refractivity contribution is 9.10.